The second-order valence-electron chi connectivity index (χ2n) is 8.24. The average molecular weight is 457 g/mol. The van der Waals surface area contributed by atoms with Gasteiger partial charge in [-0.25, -0.2) is 9.18 Å². The summed E-state index contributed by atoms with van der Waals surface area (Å²) in [7, 11) is 0. The Labute approximate surface area is 192 Å². The first kappa shape index (κ1) is 23.2. The molecule has 0 saturated carbocycles. The molecule has 2 saturated heterocycles. The lowest BCUT2D eigenvalue weighted by Gasteiger charge is -2.29. The number of anilines is 2. The van der Waals surface area contributed by atoms with E-state index in [0.29, 0.717) is 50.6 Å². The van der Waals surface area contributed by atoms with Crippen LogP contribution in [0.1, 0.15) is 5.56 Å². The van der Waals surface area contributed by atoms with E-state index in [4.69, 9.17) is 15.2 Å². The highest BCUT2D eigenvalue weighted by atomic mass is 19.1. The Morgan fingerprint density at radius 3 is 2.67 bits per heavy atom. The van der Waals surface area contributed by atoms with Gasteiger partial charge < -0.3 is 25.4 Å². The van der Waals surface area contributed by atoms with Gasteiger partial charge in [0.05, 0.1) is 43.7 Å². The highest BCUT2D eigenvalue weighted by Gasteiger charge is 2.33. The number of morpholine rings is 1. The summed E-state index contributed by atoms with van der Waals surface area (Å²) < 4.78 is 25.4. The molecule has 176 valence electrons. The van der Waals surface area contributed by atoms with Crippen molar-refractivity contribution in [1.29, 1.82) is 0 Å². The molecule has 2 aromatic rings. The molecule has 3 N–H and O–H groups in total. The molecule has 2 aliphatic rings. The maximum atomic E-state index is 14.7. The van der Waals surface area contributed by atoms with Crippen molar-refractivity contribution in [2.24, 2.45) is 5.73 Å². The molecule has 1 amide bonds. The Balaban J connectivity index is 1.26. The molecular formula is C24H29FN4O4. The second kappa shape index (κ2) is 10.7. The summed E-state index contributed by atoms with van der Waals surface area (Å²) in [6.07, 6.45) is -0.510. The van der Waals surface area contributed by atoms with Crippen molar-refractivity contribution in [2.45, 2.75) is 18.6 Å². The molecule has 9 heteroatoms. The summed E-state index contributed by atoms with van der Waals surface area (Å²) in [6, 6.07) is 13.8. The normalized spacial score (nSPS) is 19.5. The van der Waals surface area contributed by atoms with E-state index in [2.05, 4.69) is 5.32 Å². The largest absolute Gasteiger partial charge is 0.443 e. The van der Waals surface area contributed by atoms with Crippen LogP contribution in [0.2, 0.25) is 0 Å². The van der Waals surface area contributed by atoms with E-state index in [-0.39, 0.29) is 24.7 Å². The highest BCUT2D eigenvalue weighted by Crippen LogP contribution is 2.28. The van der Waals surface area contributed by atoms with Gasteiger partial charge in [0.1, 0.15) is 11.9 Å². The van der Waals surface area contributed by atoms with E-state index in [0.717, 1.165) is 5.56 Å². The number of carbonyl (C=O) groups excluding carboxylic acids is 2. The molecule has 33 heavy (non-hydrogen) atoms. The van der Waals surface area contributed by atoms with Gasteiger partial charge >= 0.3 is 6.09 Å². The number of cyclic esters (lactones) is 1. The van der Waals surface area contributed by atoms with Crippen molar-refractivity contribution < 1.29 is 23.5 Å². The minimum Gasteiger partial charge on any atom is -0.443 e. The monoisotopic (exact) mass is 456 g/mol. The third-order valence-corrected chi connectivity index (χ3v) is 5.85. The molecule has 8 nitrogen and oxygen atoms in total. The lowest BCUT2D eigenvalue weighted by atomic mass is 10.0. The third kappa shape index (κ3) is 5.87. The minimum atomic E-state index is -0.601. The Hall–Kier alpha value is -3.01. The Morgan fingerprint density at radius 1 is 1.18 bits per heavy atom. The van der Waals surface area contributed by atoms with Gasteiger partial charge in [0, 0.05) is 19.6 Å². The summed E-state index contributed by atoms with van der Waals surface area (Å²) in [5.41, 5.74) is 7.96. The number of carbonyl (C=O) groups is 2. The number of hydrogen-bond acceptors (Lipinski definition) is 7. The summed E-state index contributed by atoms with van der Waals surface area (Å²) in [5.74, 6) is -0.498. The molecule has 2 aromatic carbocycles. The first-order chi connectivity index (χ1) is 16.0. The van der Waals surface area contributed by atoms with Gasteiger partial charge in [-0.3, -0.25) is 9.69 Å². The molecule has 4 rings (SSSR count). The number of nitrogens with two attached hydrogens (primary N) is 1. The Morgan fingerprint density at radius 2 is 1.94 bits per heavy atom. The summed E-state index contributed by atoms with van der Waals surface area (Å²) in [6.45, 7) is 3.05. The number of rotatable bonds is 9. The number of halogens is 1. The molecule has 0 aliphatic carbocycles. The number of Topliss-reactive ketones (excluding diaryl/α,β-unsaturated/α-hetero) is 1. The average Bonchev–Trinajstić information content (AvgIpc) is 3.20. The van der Waals surface area contributed by atoms with Crippen LogP contribution >= 0.6 is 0 Å². The fourth-order valence-corrected chi connectivity index (χ4v) is 4.03. The fourth-order valence-electron chi connectivity index (χ4n) is 4.03. The van der Waals surface area contributed by atoms with E-state index >= 15 is 0 Å². The number of hydrogen-bond donors (Lipinski definition) is 2. The van der Waals surface area contributed by atoms with Gasteiger partial charge in [-0.15, -0.1) is 0 Å². The third-order valence-electron chi connectivity index (χ3n) is 5.85. The van der Waals surface area contributed by atoms with E-state index in [1.165, 1.54) is 11.0 Å². The van der Waals surface area contributed by atoms with Crippen LogP contribution in [0.5, 0.6) is 0 Å². The molecule has 0 radical (unpaired) electrons. The van der Waals surface area contributed by atoms with Crippen LogP contribution in [0.25, 0.3) is 0 Å². The summed E-state index contributed by atoms with van der Waals surface area (Å²) in [5, 5.41) is 3.02. The van der Waals surface area contributed by atoms with E-state index in [1.807, 2.05) is 35.2 Å². The van der Waals surface area contributed by atoms with Crippen molar-refractivity contribution in [3.63, 3.8) is 0 Å². The quantitative estimate of drug-likeness (QED) is 0.593. The molecule has 1 unspecified atom stereocenters. The predicted molar refractivity (Wildman–Crippen MR) is 123 cm³/mol. The van der Waals surface area contributed by atoms with Crippen molar-refractivity contribution >= 4 is 23.3 Å². The standard InChI is InChI=1S/C24H29FN4O4/c25-20-13-18(6-7-22(20)28-8-10-32-11-9-28)29-16-19(33-24(29)31)14-27-15-23(30)21(26)12-17-4-2-1-3-5-17/h1-7,13,19,21,27H,8-12,14-16,26H2/t19-,21?/m0/s1. The Bertz CT molecular complexity index is 968. The molecule has 0 spiro atoms. The van der Waals surface area contributed by atoms with Crippen LogP contribution in [-0.4, -0.2) is 70.0 Å². The van der Waals surface area contributed by atoms with E-state index in [1.54, 1.807) is 12.1 Å². The first-order valence-electron chi connectivity index (χ1n) is 11.1. The molecule has 0 aromatic heterocycles. The van der Waals surface area contributed by atoms with Crippen LogP contribution in [0.15, 0.2) is 48.5 Å². The topological polar surface area (TPSA) is 97.1 Å². The zero-order chi connectivity index (χ0) is 23.2. The number of benzene rings is 2. The number of nitrogens with one attached hydrogen (secondary N) is 1. The lowest BCUT2D eigenvalue weighted by Crippen LogP contribution is -2.41. The van der Waals surface area contributed by atoms with Crippen LogP contribution in [-0.2, 0) is 20.7 Å². The molecule has 0 bridgehead atoms. The second-order valence-corrected chi connectivity index (χ2v) is 8.24. The van der Waals surface area contributed by atoms with E-state index < -0.39 is 18.2 Å². The zero-order valence-corrected chi connectivity index (χ0v) is 18.4. The molecular weight excluding hydrogens is 427 g/mol. The summed E-state index contributed by atoms with van der Waals surface area (Å²) >= 11 is 0. The molecule has 2 heterocycles. The highest BCUT2D eigenvalue weighted by molar-refractivity contribution is 5.90. The molecule has 2 aliphatic heterocycles. The van der Waals surface area contributed by atoms with Crippen LogP contribution < -0.4 is 20.9 Å². The van der Waals surface area contributed by atoms with Crippen LogP contribution in [0.3, 0.4) is 0 Å². The lowest BCUT2D eigenvalue weighted by molar-refractivity contribution is -0.119. The zero-order valence-electron chi connectivity index (χ0n) is 18.4. The SMILES string of the molecule is NC(Cc1ccccc1)C(=O)CNC[C@H]1CN(c2ccc(N3CCOCC3)c(F)c2)C(=O)O1. The van der Waals surface area contributed by atoms with Crippen LogP contribution in [0, 0.1) is 5.82 Å². The number of nitrogens with zero attached hydrogens (tertiary/aromatic N) is 2. The number of ether oxygens (including phenoxy) is 2. The summed E-state index contributed by atoms with van der Waals surface area (Å²) in [4.78, 5) is 28.0. The predicted octanol–water partition coefficient (Wildman–Crippen LogP) is 1.72. The van der Waals surface area contributed by atoms with Gasteiger partial charge in [0.15, 0.2) is 5.78 Å². The number of ketones is 1. The Kier molecular flexibility index (Phi) is 7.54. The van der Waals surface area contributed by atoms with Gasteiger partial charge in [-0.05, 0) is 30.2 Å². The maximum Gasteiger partial charge on any atom is 0.414 e. The molecule has 2 fully saturated rings. The smallest absolute Gasteiger partial charge is 0.414 e. The fraction of sp³-hybridized carbons (Fsp3) is 0.417. The van der Waals surface area contributed by atoms with Crippen LogP contribution in [0.4, 0.5) is 20.6 Å². The maximum absolute atomic E-state index is 14.7. The minimum absolute atomic E-state index is 0.0882. The van der Waals surface area contributed by atoms with Crippen molar-refractivity contribution in [3.8, 4) is 0 Å². The van der Waals surface area contributed by atoms with Gasteiger partial charge in [-0.2, -0.15) is 0 Å². The van der Waals surface area contributed by atoms with E-state index in [9.17, 15) is 14.0 Å². The van der Waals surface area contributed by atoms with Gasteiger partial charge in [0.25, 0.3) is 0 Å². The van der Waals surface area contributed by atoms with Crippen molar-refractivity contribution in [1.82, 2.24) is 5.32 Å². The molecule has 2 atom stereocenters. The van der Waals surface area contributed by atoms with Crippen molar-refractivity contribution in [3.05, 3.63) is 59.9 Å². The van der Waals surface area contributed by atoms with Gasteiger partial charge in [-0.1, -0.05) is 30.3 Å². The van der Waals surface area contributed by atoms with Gasteiger partial charge in [0.2, 0.25) is 0 Å². The van der Waals surface area contributed by atoms with Crippen molar-refractivity contribution in [2.75, 3.05) is 55.7 Å². The number of amides is 1. The first-order valence-corrected chi connectivity index (χ1v) is 11.1.